The highest BCUT2D eigenvalue weighted by atomic mass is 19.4. The lowest BCUT2D eigenvalue weighted by Crippen LogP contribution is -2.40. The molecule has 172 valence electrons. The summed E-state index contributed by atoms with van der Waals surface area (Å²) in [6.45, 7) is 2.18. The number of rotatable bonds is 12. The zero-order chi connectivity index (χ0) is 22.9. The van der Waals surface area contributed by atoms with Crippen LogP contribution in [0, 0.1) is 0 Å². The van der Waals surface area contributed by atoms with Gasteiger partial charge in [0.05, 0.1) is 11.5 Å². The number of unbranched alkanes of at least 4 members (excludes halogenated alkanes) is 5. The van der Waals surface area contributed by atoms with E-state index >= 15 is 0 Å². The number of ether oxygens (including phenoxy) is 2. The Kier molecular flexibility index (Phi) is 9.54. The largest absolute Gasteiger partial charge is 0.416 e. The molecule has 0 bridgehead atoms. The van der Waals surface area contributed by atoms with Crippen molar-refractivity contribution in [1.82, 2.24) is 0 Å². The highest BCUT2D eigenvalue weighted by molar-refractivity contribution is 5.64. The van der Waals surface area contributed by atoms with Crippen molar-refractivity contribution in [2.45, 2.75) is 69.9 Å². The predicted octanol–water partition coefficient (Wildman–Crippen LogP) is 7.15. The normalized spacial score (nSPS) is 13.4. The third kappa shape index (κ3) is 7.06. The molecule has 3 nitrogen and oxygen atoms in total. The molecule has 1 N–H and O–H groups in total. The molecular weight excluding hydrogens is 405 g/mol. The summed E-state index contributed by atoms with van der Waals surface area (Å²) >= 11 is 0. The molecule has 0 aliphatic heterocycles. The van der Waals surface area contributed by atoms with Crippen molar-refractivity contribution in [3.05, 3.63) is 59.7 Å². The van der Waals surface area contributed by atoms with E-state index in [2.05, 4.69) is 6.92 Å². The Hall–Kier alpha value is -1.89. The number of hydrogen-bond donors (Lipinski definition) is 1. The number of halogens is 3. The zero-order valence-electron chi connectivity index (χ0n) is 18.5. The van der Waals surface area contributed by atoms with E-state index < -0.39 is 17.7 Å². The van der Waals surface area contributed by atoms with Crippen LogP contribution in [0.25, 0.3) is 11.1 Å². The summed E-state index contributed by atoms with van der Waals surface area (Å²) in [5.74, 6) is -2.12. The van der Waals surface area contributed by atoms with E-state index in [9.17, 15) is 18.3 Å². The minimum Gasteiger partial charge on any atom is -0.343 e. The fourth-order valence-corrected chi connectivity index (χ4v) is 3.82. The highest BCUT2D eigenvalue weighted by Gasteiger charge is 2.38. The Labute approximate surface area is 183 Å². The van der Waals surface area contributed by atoms with Crippen LogP contribution in [-0.2, 0) is 15.7 Å². The Morgan fingerprint density at radius 1 is 0.774 bits per heavy atom. The molecular formula is C25H33F3O3. The van der Waals surface area contributed by atoms with Gasteiger partial charge in [-0.15, -0.1) is 0 Å². The Morgan fingerprint density at radius 3 is 1.74 bits per heavy atom. The molecule has 0 heterocycles. The van der Waals surface area contributed by atoms with Crippen LogP contribution in [0.4, 0.5) is 13.2 Å². The van der Waals surface area contributed by atoms with Crippen LogP contribution in [0.3, 0.4) is 0 Å². The van der Waals surface area contributed by atoms with E-state index in [-0.39, 0.29) is 5.92 Å². The second kappa shape index (κ2) is 11.7. The maximum Gasteiger partial charge on any atom is 0.416 e. The smallest absolute Gasteiger partial charge is 0.343 e. The number of benzene rings is 2. The van der Waals surface area contributed by atoms with Gasteiger partial charge in [-0.25, -0.2) is 0 Å². The first-order valence-corrected chi connectivity index (χ1v) is 10.9. The lowest BCUT2D eigenvalue weighted by Gasteiger charge is -2.33. The Balaban J connectivity index is 2.15. The van der Waals surface area contributed by atoms with E-state index in [1.54, 1.807) is 0 Å². The van der Waals surface area contributed by atoms with Gasteiger partial charge >= 0.3 is 6.18 Å². The molecule has 1 unspecified atom stereocenters. The van der Waals surface area contributed by atoms with Crippen LogP contribution in [0.5, 0.6) is 0 Å². The van der Waals surface area contributed by atoms with Gasteiger partial charge in [0.25, 0.3) is 5.97 Å². The standard InChI is InChI=1S/C25H33F3O3/c1-4-5-6-7-8-9-10-23(25(29,30-2)31-3)21-13-11-19(12-14-21)20-15-17-22(18-16-20)24(26,27)28/h11-18,23,29H,4-10H2,1-3H3. The minimum absolute atomic E-state index is 0.379. The second-order valence-electron chi connectivity index (χ2n) is 7.85. The number of aliphatic hydroxyl groups is 1. The van der Waals surface area contributed by atoms with Crippen LogP contribution >= 0.6 is 0 Å². The molecule has 0 saturated heterocycles. The van der Waals surface area contributed by atoms with Crippen molar-refractivity contribution in [2.24, 2.45) is 0 Å². The first kappa shape index (κ1) is 25.4. The van der Waals surface area contributed by atoms with E-state index in [4.69, 9.17) is 9.47 Å². The Bertz CT molecular complexity index is 766. The van der Waals surface area contributed by atoms with Gasteiger partial charge in [-0.2, -0.15) is 13.2 Å². The minimum atomic E-state index is -4.35. The molecule has 0 radical (unpaired) electrons. The first-order valence-electron chi connectivity index (χ1n) is 10.9. The molecule has 0 aliphatic carbocycles. The van der Waals surface area contributed by atoms with Crippen LogP contribution < -0.4 is 0 Å². The molecule has 2 aromatic carbocycles. The molecule has 0 aromatic heterocycles. The number of methoxy groups -OCH3 is 2. The number of alkyl halides is 3. The molecule has 0 amide bonds. The van der Waals surface area contributed by atoms with Gasteiger partial charge in [0.1, 0.15) is 0 Å². The third-order valence-corrected chi connectivity index (χ3v) is 5.73. The summed E-state index contributed by atoms with van der Waals surface area (Å²) in [5.41, 5.74) is 1.68. The lowest BCUT2D eigenvalue weighted by atomic mass is 9.89. The molecule has 0 fully saturated rings. The molecule has 0 saturated carbocycles. The van der Waals surface area contributed by atoms with Crippen LogP contribution in [0.2, 0.25) is 0 Å². The fraction of sp³-hybridized carbons (Fsp3) is 0.520. The van der Waals surface area contributed by atoms with E-state index in [1.807, 2.05) is 24.3 Å². The maximum atomic E-state index is 12.8. The summed E-state index contributed by atoms with van der Waals surface area (Å²) in [4.78, 5) is 0. The summed E-state index contributed by atoms with van der Waals surface area (Å²) < 4.78 is 48.9. The topological polar surface area (TPSA) is 38.7 Å². The van der Waals surface area contributed by atoms with Crippen molar-refractivity contribution < 1.29 is 27.8 Å². The average molecular weight is 439 g/mol. The molecule has 2 aromatic rings. The maximum absolute atomic E-state index is 12.8. The average Bonchev–Trinajstić information content (AvgIpc) is 2.78. The second-order valence-corrected chi connectivity index (χ2v) is 7.85. The van der Waals surface area contributed by atoms with Gasteiger partial charge in [-0.3, -0.25) is 0 Å². The monoisotopic (exact) mass is 438 g/mol. The molecule has 31 heavy (non-hydrogen) atoms. The summed E-state index contributed by atoms with van der Waals surface area (Å²) in [6, 6.07) is 12.5. The SMILES string of the molecule is CCCCCCCCC(c1ccc(-c2ccc(C(F)(F)F)cc2)cc1)C(O)(OC)OC. The quantitative estimate of drug-likeness (QED) is 0.283. The van der Waals surface area contributed by atoms with E-state index in [0.717, 1.165) is 42.5 Å². The molecule has 0 spiro atoms. The van der Waals surface area contributed by atoms with Gasteiger partial charge in [-0.1, -0.05) is 81.8 Å². The highest BCUT2D eigenvalue weighted by Crippen LogP contribution is 2.36. The summed E-state index contributed by atoms with van der Waals surface area (Å²) in [7, 11) is 2.82. The van der Waals surface area contributed by atoms with E-state index in [0.29, 0.717) is 12.0 Å². The van der Waals surface area contributed by atoms with Crippen LogP contribution in [0.1, 0.15) is 68.9 Å². The van der Waals surface area contributed by atoms with Gasteiger partial charge in [0.15, 0.2) is 0 Å². The van der Waals surface area contributed by atoms with Gasteiger partial charge in [0.2, 0.25) is 0 Å². The molecule has 2 rings (SSSR count). The number of hydrogen-bond acceptors (Lipinski definition) is 3. The van der Waals surface area contributed by atoms with Gasteiger partial charge in [0, 0.05) is 14.2 Å². The van der Waals surface area contributed by atoms with Crippen LogP contribution in [-0.4, -0.2) is 25.3 Å². The molecule has 0 aliphatic rings. The third-order valence-electron chi connectivity index (χ3n) is 5.73. The van der Waals surface area contributed by atoms with Crippen molar-refractivity contribution >= 4 is 0 Å². The van der Waals surface area contributed by atoms with Crippen molar-refractivity contribution in [3.8, 4) is 11.1 Å². The van der Waals surface area contributed by atoms with Crippen molar-refractivity contribution in [1.29, 1.82) is 0 Å². The zero-order valence-corrected chi connectivity index (χ0v) is 18.5. The lowest BCUT2D eigenvalue weighted by molar-refractivity contribution is -0.353. The fourth-order valence-electron chi connectivity index (χ4n) is 3.82. The molecule has 6 heteroatoms. The van der Waals surface area contributed by atoms with Crippen molar-refractivity contribution in [3.63, 3.8) is 0 Å². The first-order chi connectivity index (χ1) is 14.7. The van der Waals surface area contributed by atoms with Crippen LogP contribution in [0.15, 0.2) is 48.5 Å². The van der Waals surface area contributed by atoms with E-state index in [1.165, 1.54) is 45.6 Å². The molecule has 1 atom stereocenters. The Morgan fingerprint density at radius 2 is 1.26 bits per heavy atom. The van der Waals surface area contributed by atoms with Crippen molar-refractivity contribution in [2.75, 3.05) is 14.2 Å². The van der Waals surface area contributed by atoms with Gasteiger partial charge < -0.3 is 14.6 Å². The summed E-state index contributed by atoms with van der Waals surface area (Å²) in [6.07, 6.45) is 3.15. The summed E-state index contributed by atoms with van der Waals surface area (Å²) in [5, 5.41) is 10.8. The van der Waals surface area contributed by atoms with Gasteiger partial charge in [-0.05, 0) is 35.2 Å². The predicted molar refractivity (Wildman–Crippen MR) is 117 cm³/mol.